The molecular formula is C19H21N5OS. The second kappa shape index (κ2) is 6.75. The molecule has 3 N–H and O–H groups in total. The SMILES string of the molecule is Cc1cc(Nc2nccc(C)n2)cc(-c2cnc([C@@]3(O)CCNC3)s2)c1. The molecule has 1 saturated heterocycles. The summed E-state index contributed by atoms with van der Waals surface area (Å²) >= 11 is 1.55. The van der Waals surface area contributed by atoms with Gasteiger partial charge in [-0.3, -0.25) is 0 Å². The van der Waals surface area contributed by atoms with Gasteiger partial charge in [-0.15, -0.1) is 11.3 Å². The lowest BCUT2D eigenvalue weighted by atomic mass is 10.1. The second-order valence-electron chi connectivity index (χ2n) is 6.72. The Morgan fingerprint density at radius 3 is 2.88 bits per heavy atom. The molecule has 0 aliphatic carbocycles. The number of hydrogen-bond donors (Lipinski definition) is 3. The molecule has 1 aromatic carbocycles. The van der Waals surface area contributed by atoms with Crippen molar-refractivity contribution in [3.8, 4) is 10.4 Å². The minimum Gasteiger partial charge on any atom is -0.381 e. The van der Waals surface area contributed by atoms with Crippen molar-refractivity contribution in [1.82, 2.24) is 20.3 Å². The minimum absolute atomic E-state index is 0.561. The number of hydrogen-bond acceptors (Lipinski definition) is 7. The normalized spacial score (nSPS) is 19.7. The van der Waals surface area contributed by atoms with Gasteiger partial charge >= 0.3 is 0 Å². The lowest BCUT2D eigenvalue weighted by Crippen LogP contribution is -2.27. The van der Waals surface area contributed by atoms with Crippen LogP contribution in [0.25, 0.3) is 10.4 Å². The Kier molecular flexibility index (Phi) is 4.44. The van der Waals surface area contributed by atoms with Gasteiger partial charge in [0.2, 0.25) is 5.95 Å². The number of aryl methyl sites for hydroxylation is 2. The lowest BCUT2D eigenvalue weighted by molar-refractivity contribution is 0.0585. The van der Waals surface area contributed by atoms with Crippen LogP contribution in [0.1, 0.15) is 22.7 Å². The molecule has 0 radical (unpaired) electrons. The summed E-state index contributed by atoms with van der Waals surface area (Å²) in [6.07, 6.45) is 4.29. The number of aliphatic hydroxyl groups is 1. The first-order chi connectivity index (χ1) is 12.5. The zero-order valence-corrected chi connectivity index (χ0v) is 15.6. The molecule has 134 valence electrons. The molecule has 0 spiro atoms. The van der Waals surface area contributed by atoms with Crippen molar-refractivity contribution in [3.05, 3.63) is 52.9 Å². The number of anilines is 2. The van der Waals surface area contributed by atoms with E-state index in [2.05, 4.69) is 50.7 Å². The fourth-order valence-electron chi connectivity index (χ4n) is 3.12. The molecule has 2 aromatic heterocycles. The number of nitrogens with one attached hydrogen (secondary N) is 2. The minimum atomic E-state index is -0.844. The monoisotopic (exact) mass is 367 g/mol. The van der Waals surface area contributed by atoms with Crippen molar-refractivity contribution in [3.63, 3.8) is 0 Å². The van der Waals surface area contributed by atoms with E-state index in [1.54, 1.807) is 17.5 Å². The van der Waals surface area contributed by atoms with Crippen LogP contribution in [-0.4, -0.2) is 33.1 Å². The van der Waals surface area contributed by atoms with Crippen LogP contribution in [0.3, 0.4) is 0 Å². The quantitative estimate of drug-likeness (QED) is 0.657. The summed E-state index contributed by atoms with van der Waals surface area (Å²) in [5.41, 5.74) is 3.21. The van der Waals surface area contributed by atoms with E-state index in [0.29, 0.717) is 18.9 Å². The third kappa shape index (κ3) is 3.46. The van der Waals surface area contributed by atoms with E-state index in [4.69, 9.17) is 0 Å². The molecule has 0 amide bonds. The van der Waals surface area contributed by atoms with Crippen molar-refractivity contribution in [2.75, 3.05) is 18.4 Å². The Morgan fingerprint density at radius 1 is 1.23 bits per heavy atom. The van der Waals surface area contributed by atoms with Gasteiger partial charge < -0.3 is 15.7 Å². The molecule has 3 heterocycles. The molecule has 3 aromatic rings. The summed E-state index contributed by atoms with van der Waals surface area (Å²) in [5.74, 6) is 0.581. The van der Waals surface area contributed by atoms with E-state index in [1.807, 2.05) is 19.2 Å². The lowest BCUT2D eigenvalue weighted by Gasteiger charge is -2.17. The summed E-state index contributed by atoms with van der Waals surface area (Å²) in [6, 6.07) is 8.11. The number of nitrogens with zero attached hydrogens (tertiary/aromatic N) is 3. The molecule has 4 rings (SSSR count). The first kappa shape index (κ1) is 17.1. The van der Waals surface area contributed by atoms with E-state index in [-0.39, 0.29) is 0 Å². The van der Waals surface area contributed by atoms with E-state index in [9.17, 15) is 5.11 Å². The third-order valence-electron chi connectivity index (χ3n) is 4.45. The Hall–Kier alpha value is -2.35. The average molecular weight is 367 g/mol. The van der Waals surface area contributed by atoms with Crippen molar-refractivity contribution in [2.24, 2.45) is 0 Å². The summed E-state index contributed by atoms with van der Waals surface area (Å²) in [5, 5.41) is 18.0. The van der Waals surface area contributed by atoms with Gasteiger partial charge in [0.1, 0.15) is 10.6 Å². The Morgan fingerprint density at radius 2 is 2.12 bits per heavy atom. The maximum absolute atomic E-state index is 10.7. The molecular weight excluding hydrogens is 346 g/mol. The highest BCUT2D eigenvalue weighted by atomic mass is 32.1. The first-order valence-electron chi connectivity index (χ1n) is 8.60. The number of benzene rings is 1. The Balaban J connectivity index is 1.63. The Bertz CT molecular complexity index is 933. The second-order valence-corrected chi connectivity index (χ2v) is 7.75. The van der Waals surface area contributed by atoms with Crippen LogP contribution < -0.4 is 10.6 Å². The molecule has 1 atom stereocenters. The fraction of sp³-hybridized carbons (Fsp3) is 0.316. The number of aromatic nitrogens is 3. The van der Waals surface area contributed by atoms with Gasteiger partial charge in [0.15, 0.2) is 0 Å². The highest BCUT2D eigenvalue weighted by molar-refractivity contribution is 7.15. The number of β-amino-alcohol motifs (C(OH)–C–C–N with tert-alkyl or cyclic N) is 1. The van der Waals surface area contributed by atoms with Crippen LogP contribution in [0.5, 0.6) is 0 Å². The van der Waals surface area contributed by atoms with Crippen LogP contribution >= 0.6 is 11.3 Å². The van der Waals surface area contributed by atoms with Gasteiger partial charge in [-0.1, -0.05) is 6.07 Å². The van der Waals surface area contributed by atoms with Gasteiger partial charge in [0.25, 0.3) is 0 Å². The van der Waals surface area contributed by atoms with E-state index in [1.165, 1.54) is 0 Å². The van der Waals surface area contributed by atoms with Crippen LogP contribution in [0, 0.1) is 13.8 Å². The largest absolute Gasteiger partial charge is 0.381 e. The molecule has 1 aliphatic rings. The van der Waals surface area contributed by atoms with Gasteiger partial charge in [-0.25, -0.2) is 15.0 Å². The molecule has 1 fully saturated rings. The summed E-state index contributed by atoms with van der Waals surface area (Å²) in [7, 11) is 0. The third-order valence-corrected chi connectivity index (χ3v) is 5.69. The van der Waals surface area contributed by atoms with Gasteiger partial charge in [0, 0.05) is 30.3 Å². The standard InChI is InChI=1S/C19H21N5OS/c1-12-7-14(9-15(8-12)24-18-21-5-3-13(2)23-18)16-10-22-17(26-16)19(25)4-6-20-11-19/h3,5,7-10,20,25H,4,6,11H2,1-2H3,(H,21,23,24)/t19-/m1/s1. The average Bonchev–Trinajstić information content (AvgIpc) is 3.24. The zero-order valence-electron chi connectivity index (χ0n) is 14.8. The van der Waals surface area contributed by atoms with E-state index in [0.717, 1.165) is 38.9 Å². The highest BCUT2D eigenvalue weighted by Gasteiger charge is 2.35. The maximum atomic E-state index is 10.7. The zero-order chi connectivity index (χ0) is 18.1. The molecule has 26 heavy (non-hydrogen) atoms. The van der Waals surface area contributed by atoms with Gasteiger partial charge in [-0.2, -0.15) is 0 Å². The van der Waals surface area contributed by atoms with Crippen molar-refractivity contribution in [2.45, 2.75) is 25.9 Å². The van der Waals surface area contributed by atoms with E-state index < -0.39 is 5.60 Å². The predicted octanol–water partition coefficient (Wildman–Crippen LogP) is 3.14. The fourth-order valence-corrected chi connectivity index (χ4v) is 4.14. The first-order valence-corrected chi connectivity index (χ1v) is 9.42. The summed E-state index contributed by atoms with van der Waals surface area (Å²) in [4.78, 5) is 14.2. The predicted molar refractivity (Wildman–Crippen MR) is 104 cm³/mol. The molecule has 1 aliphatic heterocycles. The molecule has 7 heteroatoms. The van der Waals surface area contributed by atoms with Crippen LogP contribution in [0.4, 0.5) is 11.6 Å². The van der Waals surface area contributed by atoms with E-state index >= 15 is 0 Å². The molecule has 0 bridgehead atoms. The smallest absolute Gasteiger partial charge is 0.227 e. The summed E-state index contributed by atoms with van der Waals surface area (Å²) in [6.45, 7) is 5.38. The van der Waals surface area contributed by atoms with Gasteiger partial charge in [-0.05, 0) is 56.1 Å². The molecule has 0 saturated carbocycles. The van der Waals surface area contributed by atoms with Crippen LogP contribution in [0.15, 0.2) is 36.7 Å². The number of thiazole rings is 1. The van der Waals surface area contributed by atoms with Crippen molar-refractivity contribution in [1.29, 1.82) is 0 Å². The topological polar surface area (TPSA) is 83.0 Å². The van der Waals surface area contributed by atoms with Crippen molar-refractivity contribution >= 4 is 23.0 Å². The van der Waals surface area contributed by atoms with Crippen LogP contribution in [-0.2, 0) is 5.60 Å². The molecule has 6 nitrogen and oxygen atoms in total. The van der Waals surface area contributed by atoms with Crippen molar-refractivity contribution < 1.29 is 5.11 Å². The summed E-state index contributed by atoms with van der Waals surface area (Å²) < 4.78 is 0. The molecule has 0 unspecified atom stereocenters. The Labute approximate surface area is 156 Å². The van der Waals surface area contributed by atoms with Gasteiger partial charge in [0.05, 0.1) is 4.88 Å². The maximum Gasteiger partial charge on any atom is 0.227 e. The highest BCUT2D eigenvalue weighted by Crippen LogP contribution is 2.36. The van der Waals surface area contributed by atoms with Crippen LogP contribution in [0.2, 0.25) is 0 Å². The number of rotatable bonds is 4.